The van der Waals surface area contributed by atoms with Crippen LogP contribution in [0.2, 0.25) is 0 Å². The van der Waals surface area contributed by atoms with E-state index in [-0.39, 0.29) is 5.76 Å². The third kappa shape index (κ3) is 2.92. The molecule has 6 heteroatoms. The van der Waals surface area contributed by atoms with E-state index >= 15 is 0 Å². The van der Waals surface area contributed by atoms with E-state index in [0.717, 1.165) is 10.4 Å². The molecule has 2 aromatic rings. The van der Waals surface area contributed by atoms with Crippen molar-refractivity contribution in [3.63, 3.8) is 0 Å². The molecule has 0 bridgehead atoms. The molecule has 0 radical (unpaired) electrons. The molecule has 0 saturated carbocycles. The van der Waals surface area contributed by atoms with E-state index in [1.807, 2.05) is 30.5 Å². The maximum absolute atomic E-state index is 12.9. The van der Waals surface area contributed by atoms with Gasteiger partial charge in [0.05, 0.1) is 5.69 Å². The van der Waals surface area contributed by atoms with Gasteiger partial charge in [-0.1, -0.05) is 19.1 Å². The number of carboxylic acids is 1. The van der Waals surface area contributed by atoms with E-state index in [0.29, 0.717) is 17.9 Å². The third-order valence-corrected chi connectivity index (χ3v) is 4.64. The maximum Gasteiger partial charge on any atom is 0.326 e. The average Bonchev–Trinajstić information content (AvgIpc) is 3.04. The first kappa shape index (κ1) is 16.3. The van der Waals surface area contributed by atoms with E-state index in [2.05, 4.69) is 0 Å². The number of fused-ring (bicyclic) bond motifs is 1. The van der Waals surface area contributed by atoms with Gasteiger partial charge < -0.3 is 9.84 Å². The number of aryl methyl sites for hydroxylation is 1. The molecule has 5 nitrogen and oxygen atoms in total. The minimum atomic E-state index is -1.03. The number of carbonyl (C=O) groups excluding carboxylic acids is 1. The number of nitrogens with zero attached hydrogens (tertiary/aromatic N) is 1. The highest BCUT2D eigenvalue weighted by Crippen LogP contribution is 2.38. The molecule has 1 aliphatic heterocycles. The van der Waals surface area contributed by atoms with Crippen LogP contribution in [-0.4, -0.2) is 23.0 Å². The van der Waals surface area contributed by atoms with Gasteiger partial charge in [0, 0.05) is 11.0 Å². The summed E-state index contributed by atoms with van der Waals surface area (Å²) >= 11 is 1.48. The molecule has 3 rings (SSSR count). The molecule has 1 unspecified atom stereocenters. The van der Waals surface area contributed by atoms with Gasteiger partial charge in [-0.3, -0.25) is 9.69 Å². The summed E-state index contributed by atoms with van der Waals surface area (Å²) in [5.74, 6) is -0.845. The minimum absolute atomic E-state index is 0.133. The molecule has 0 saturated heterocycles. The van der Waals surface area contributed by atoms with Crippen LogP contribution < -0.4 is 9.64 Å². The van der Waals surface area contributed by atoms with Crippen LogP contribution in [0.5, 0.6) is 5.75 Å². The first-order valence-electron chi connectivity index (χ1n) is 7.61. The van der Waals surface area contributed by atoms with Crippen molar-refractivity contribution in [1.29, 1.82) is 0 Å². The van der Waals surface area contributed by atoms with Crippen LogP contribution in [0.1, 0.15) is 23.8 Å². The molecule has 0 aliphatic carbocycles. The van der Waals surface area contributed by atoms with Crippen LogP contribution in [0.15, 0.2) is 41.5 Å². The largest absolute Gasteiger partial charge is 0.480 e. The predicted molar refractivity (Wildman–Crippen MR) is 93.3 cm³/mol. The van der Waals surface area contributed by atoms with Crippen molar-refractivity contribution < 1.29 is 19.4 Å². The molecule has 1 N–H and O–H groups in total. The van der Waals surface area contributed by atoms with Crippen molar-refractivity contribution in [2.45, 2.75) is 26.3 Å². The van der Waals surface area contributed by atoms with Gasteiger partial charge >= 0.3 is 5.97 Å². The fourth-order valence-electron chi connectivity index (χ4n) is 2.66. The van der Waals surface area contributed by atoms with Crippen LogP contribution in [0.3, 0.4) is 0 Å². The number of rotatable bonds is 4. The van der Waals surface area contributed by atoms with Crippen LogP contribution in [0, 0.1) is 6.92 Å². The Morgan fingerprint density at radius 3 is 2.83 bits per heavy atom. The minimum Gasteiger partial charge on any atom is -0.480 e. The molecule has 124 valence electrons. The number of hydrogen-bond acceptors (Lipinski definition) is 4. The van der Waals surface area contributed by atoms with Crippen molar-refractivity contribution in [3.8, 4) is 5.75 Å². The van der Waals surface area contributed by atoms with Gasteiger partial charge in [-0.05, 0) is 42.5 Å². The number of anilines is 1. The Hall–Kier alpha value is -2.60. The molecule has 1 aromatic carbocycles. The van der Waals surface area contributed by atoms with Gasteiger partial charge in [0.25, 0.3) is 5.91 Å². The lowest BCUT2D eigenvalue weighted by Crippen LogP contribution is -2.48. The lowest BCUT2D eigenvalue weighted by atomic mass is 10.1. The summed E-state index contributed by atoms with van der Waals surface area (Å²) in [6, 6.07) is 8.23. The van der Waals surface area contributed by atoms with Crippen molar-refractivity contribution >= 4 is 35.0 Å². The first-order valence-corrected chi connectivity index (χ1v) is 8.49. The number of amides is 1. The summed E-state index contributed by atoms with van der Waals surface area (Å²) in [4.78, 5) is 26.7. The number of thiophene rings is 1. The zero-order chi connectivity index (χ0) is 17.3. The number of ether oxygens (including phenoxy) is 1. The Morgan fingerprint density at radius 2 is 2.21 bits per heavy atom. The Labute approximate surface area is 143 Å². The van der Waals surface area contributed by atoms with Crippen molar-refractivity contribution in [2.24, 2.45) is 0 Å². The quantitative estimate of drug-likeness (QED) is 0.860. The van der Waals surface area contributed by atoms with Crippen LogP contribution in [-0.2, 0) is 9.59 Å². The van der Waals surface area contributed by atoms with E-state index in [4.69, 9.17) is 4.74 Å². The summed E-state index contributed by atoms with van der Waals surface area (Å²) in [6.07, 6.45) is 1.96. The topological polar surface area (TPSA) is 66.8 Å². The lowest BCUT2D eigenvalue weighted by Gasteiger charge is -2.34. The fourth-order valence-corrected chi connectivity index (χ4v) is 3.31. The fraction of sp³-hybridized carbons (Fsp3) is 0.222. The molecule has 24 heavy (non-hydrogen) atoms. The zero-order valence-corrected chi connectivity index (χ0v) is 14.2. The number of benzene rings is 1. The second-order valence-corrected chi connectivity index (χ2v) is 6.51. The van der Waals surface area contributed by atoms with Crippen molar-refractivity contribution in [2.75, 3.05) is 4.90 Å². The third-order valence-electron chi connectivity index (χ3n) is 3.82. The van der Waals surface area contributed by atoms with Gasteiger partial charge in [-0.25, -0.2) is 4.79 Å². The summed E-state index contributed by atoms with van der Waals surface area (Å²) in [5.41, 5.74) is 1.43. The number of carbonyl (C=O) groups is 2. The Balaban J connectivity index is 2.12. The predicted octanol–water partition coefficient (Wildman–Crippen LogP) is 3.69. The molecule has 1 aromatic heterocycles. The summed E-state index contributed by atoms with van der Waals surface area (Å²) in [5, 5.41) is 11.4. The smallest absolute Gasteiger partial charge is 0.326 e. The highest BCUT2D eigenvalue weighted by Gasteiger charge is 2.37. The molecule has 0 spiro atoms. The van der Waals surface area contributed by atoms with Crippen LogP contribution in [0.4, 0.5) is 5.69 Å². The summed E-state index contributed by atoms with van der Waals surface area (Å²) < 4.78 is 5.76. The normalized spacial score (nSPS) is 16.7. The van der Waals surface area contributed by atoms with E-state index in [1.54, 1.807) is 25.1 Å². The molecule has 0 fully saturated rings. The lowest BCUT2D eigenvalue weighted by molar-refractivity contribution is -0.140. The highest BCUT2D eigenvalue weighted by atomic mass is 32.1. The van der Waals surface area contributed by atoms with Crippen molar-refractivity contribution in [1.82, 2.24) is 0 Å². The highest BCUT2D eigenvalue weighted by molar-refractivity contribution is 7.10. The van der Waals surface area contributed by atoms with E-state index < -0.39 is 17.9 Å². The molecule has 1 amide bonds. The molecule has 1 atom stereocenters. The van der Waals surface area contributed by atoms with Crippen LogP contribution in [0.25, 0.3) is 6.08 Å². The second-order valence-electron chi connectivity index (χ2n) is 5.53. The molecule has 2 heterocycles. The summed E-state index contributed by atoms with van der Waals surface area (Å²) in [7, 11) is 0. The second kappa shape index (κ2) is 6.49. The Morgan fingerprint density at radius 1 is 1.42 bits per heavy atom. The number of hydrogen-bond donors (Lipinski definition) is 1. The van der Waals surface area contributed by atoms with Crippen LogP contribution >= 0.6 is 11.3 Å². The zero-order valence-electron chi connectivity index (χ0n) is 13.4. The van der Waals surface area contributed by atoms with Crippen molar-refractivity contribution in [3.05, 3.63) is 51.9 Å². The maximum atomic E-state index is 12.9. The monoisotopic (exact) mass is 343 g/mol. The Kier molecular flexibility index (Phi) is 4.40. The number of aliphatic carboxylic acids is 1. The first-order chi connectivity index (χ1) is 11.5. The average molecular weight is 343 g/mol. The van der Waals surface area contributed by atoms with Gasteiger partial charge in [0.1, 0.15) is 6.04 Å². The molecular weight excluding hydrogens is 326 g/mol. The molecular formula is C18H17NO4S. The Bertz CT molecular complexity index is 810. The van der Waals surface area contributed by atoms with Gasteiger partial charge in [-0.15, -0.1) is 11.3 Å². The summed E-state index contributed by atoms with van der Waals surface area (Å²) in [6.45, 7) is 3.64. The van der Waals surface area contributed by atoms with Gasteiger partial charge in [0.15, 0.2) is 11.5 Å². The number of carboxylic acid groups (broad SMARTS) is 1. The molecule has 1 aliphatic rings. The van der Waals surface area contributed by atoms with E-state index in [1.165, 1.54) is 16.2 Å². The standard InChI is InChI=1S/C18H17NO4S/c1-3-13(18(21)22)19-14-9-11(2)6-7-15(14)23-16(17(19)20)10-12-5-4-8-24-12/h4-10,13H,3H2,1-2H3,(H,21,22)/b16-10+. The SMILES string of the molecule is CCC(C(=O)O)N1C(=O)/C(=C\c2cccs2)Oc2ccc(C)cc21. The van der Waals surface area contributed by atoms with E-state index in [9.17, 15) is 14.7 Å². The van der Waals surface area contributed by atoms with Gasteiger partial charge in [0.2, 0.25) is 0 Å². The van der Waals surface area contributed by atoms with Gasteiger partial charge in [-0.2, -0.15) is 0 Å².